The van der Waals surface area contributed by atoms with Crippen molar-refractivity contribution in [2.24, 2.45) is 0 Å². The van der Waals surface area contributed by atoms with Crippen molar-refractivity contribution in [1.82, 2.24) is 5.06 Å². The number of hydroxylamine groups is 2. The van der Waals surface area contributed by atoms with E-state index in [0.717, 1.165) is 0 Å². The van der Waals surface area contributed by atoms with E-state index >= 15 is 0 Å². The highest BCUT2D eigenvalue weighted by molar-refractivity contribution is 5.66. The Morgan fingerprint density at radius 1 is 1.67 bits per heavy atom. The molecule has 0 unspecified atom stereocenters. The van der Waals surface area contributed by atoms with Gasteiger partial charge in [-0.1, -0.05) is 0 Å². The largest absolute Gasteiger partial charge is 0.481 e. The van der Waals surface area contributed by atoms with Crippen LogP contribution in [0, 0.1) is 0 Å². The Bertz CT molecular complexity index is 92.2. The monoisotopic (exact) mass is 133 g/mol. The lowest BCUT2D eigenvalue weighted by molar-refractivity contribution is -0.148. The Hall–Kier alpha value is -0.610. The van der Waals surface area contributed by atoms with Crippen LogP contribution in [-0.4, -0.2) is 36.8 Å². The minimum atomic E-state index is -0.836. The number of carboxylic acids is 1. The van der Waals surface area contributed by atoms with Crippen molar-refractivity contribution in [2.75, 3.05) is 20.7 Å². The first-order valence-corrected chi connectivity index (χ1v) is 2.65. The third-order valence-electron chi connectivity index (χ3n) is 0.665. The molecular formula is C5H11NO3. The third-order valence-corrected chi connectivity index (χ3v) is 0.665. The Morgan fingerprint density at radius 3 is 2.56 bits per heavy atom. The molecule has 1 N–H and O–H groups in total. The van der Waals surface area contributed by atoms with E-state index in [9.17, 15) is 4.79 Å². The van der Waals surface area contributed by atoms with E-state index in [2.05, 4.69) is 0 Å². The topological polar surface area (TPSA) is 49.8 Å². The predicted molar refractivity (Wildman–Crippen MR) is 31.9 cm³/mol. The third kappa shape index (κ3) is 7.39. The second-order valence-corrected chi connectivity index (χ2v) is 1.79. The van der Waals surface area contributed by atoms with Gasteiger partial charge in [-0.3, -0.25) is 9.63 Å². The summed E-state index contributed by atoms with van der Waals surface area (Å²) in [5, 5.41) is 9.60. The molecule has 0 aromatic carbocycles. The standard InChI is InChI=1S/C5H11NO3/c1-6(2)9-4-3-5(7)8/h3-4H2,1-2H3,(H,7,8). The van der Waals surface area contributed by atoms with Gasteiger partial charge in [-0.25, -0.2) is 0 Å². The summed E-state index contributed by atoms with van der Waals surface area (Å²) >= 11 is 0. The average molecular weight is 133 g/mol. The van der Waals surface area contributed by atoms with Crippen molar-refractivity contribution in [2.45, 2.75) is 6.42 Å². The van der Waals surface area contributed by atoms with Crippen LogP contribution in [0.25, 0.3) is 0 Å². The number of aliphatic carboxylic acids is 1. The van der Waals surface area contributed by atoms with E-state index < -0.39 is 5.97 Å². The first kappa shape index (κ1) is 8.39. The zero-order valence-corrected chi connectivity index (χ0v) is 5.63. The molecule has 0 aliphatic rings. The fourth-order valence-corrected chi connectivity index (χ4v) is 0.316. The van der Waals surface area contributed by atoms with Crippen LogP contribution in [0.1, 0.15) is 6.42 Å². The van der Waals surface area contributed by atoms with Crippen molar-refractivity contribution in [3.8, 4) is 0 Å². The molecule has 0 fully saturated rings. The highest BCUT2D eigenvalue weighted by atomic mass is 16.7. The molecule has 0 atom stereocenters. The van der Waals surface area contributed by atoms with E-state index in [-0.39, 0.29) is 13.0 Å². The van der Waals surface area contributed by atoms with Crippen molar-refractivity contribution < 1.29 is 14.7 Å². The molecule has 4 heteroatoms. The van der Waals surface area contributed by atoms with E-state index in [0.29, 0.717) is 0 Å². The van der Waals surface area contributed by atoms with Crippen molar-refractivity contribution in [3.63, 3.8) is 0 Å². The van der Waals surface area contributed by atoms with Crippen LogP contribution >= 0.6 is 0 Å². The average Bonchev–Trinajstić information content (AvgIpc) is 1.63. The first-order chi connectivity index (χ1) is 4.13. The molecule has 0 radical (unpaired) electrons. The van der Waals surface area contributed by atoms with E-state index in [1.165, 1.54) is 5.06 Å². The van der Waals surface area contributed by atoms with Gasteiger partial charge in [-0.05, 0) is 0 Å². The molecule has 9 heavy (non-hydrogen) atoms. The fraction of sp³-hybridized carbons (Fsp3) is 0.800. The normalized spacial score (nSPS) is 10.1. The molecule has 0 saturated carbocycles. The number of carbonyl (C=O) groups is 1. The number of nitrogens with zero attached hydrogens (tertiary/aromatic N) is 1. The van der Waals surface area contributed by atoms with E-state index in [1.54, 1.807) is 14.1 Å². The Labute approximate surface area is 54.0 Å². The lowest BCUT2D eigenvalue weighted by atomic mass is 10.5. The molecular weight excluding hydrogens is 122 g/mol. The van der Waals surface area contributed by atoms with Gasteiger partial charge in [0.25, 0.3) is 0 Å². The highest BCUT2D eigenvalue weighted by Crippen LogP contribution is 1.83. The molecule has 0 aliphatic heterocycles. The van der Waals surface area contributed by atoms with Gasteiger partial charge < -0.3 is 5.11 Å². The Morgan fingerprint density at radius 2 is 2.22 bits per heavy atom. The zero-order chi connectivity index (χ0) is 7.28. The minimum absolute atomic E-state index is 0.0537. The summed E-state index contributed by atoms with van der Waals surface area (Å²) in [7, 11) is 3.42. The second kappa shape index (κ2) is 4.29. The Balaban J connectivity index is 3.01. The number of rotatable bonds is 4. The SMILES string of the molecule is CN(C)OCCC(=O)O. The molecule has 0 saturated heterocycles. The van der Waals surface area contributed by atoms with Crippen LogP contribution in [0.4, 0.5) is 0 Å². The summed E-state index contributed by atoms with van der Waals surface area (Å²) < 4.78 is 0. The first-order valence-electron chi connectivity index (χ1n) is 2.65. The molecule has 0 heterocycles. The Kier molecular flexibility index (Phi) is 4.00. The molecule has 0 bridgehead atoms. The fourth-order valence-electron chi connectivity index (χ4n) is 0.316. The van der Waals surface area contributed by atoms with Gasteiger partial charge in [0, 0.05) is 14.1 Å². The van der Waals surface area contributed by atoms with Crippen molar-refractivity contribution >= 4 is 5.97 Å². The molecule has 0 rings (SSSR count). The van der Waals surface area contributed by atoms with Gasteiger partial charge in [0.1, 0.15) is 0 Å². The lowest BCUT2D eigenvalue weighted by Crippen LogP contribution is -2.15. The number of carboxylic acid groups (broad SMARTS) is 1. The maximum absolute atomic E-state index is 9.88. The van der Waals surface area contributed by atoms with Crippen LogP contribution in [0.2, 0.25) is 0 Å². The van der Waals surface area contributed by atoms with Gasteiger partial charge in [0.15, 0.2) is 0 Å². The number of hydrogen-bond acceptors (Lipinski definition) is 3. The van der Waals surface area contributed by atoms with E-state index in [1.807, 2.05) is 0 Å². The molecule has 0 aromatic heterocycles. The van der Waals surface area contributed by atoms with Crippen molar-refractivity contribution in [1.29, 1.82) is 0 Å². The van der Waals surface area contributed by atoms with Crippen LogP contribution in [0.15, 0.2) is 0 Å². The van der Waals surface area contributed by atoms with Crippen molar-refractivity contribution in [3.05, 3.63) is 0 Å². The van der Waals surface area contributed by atoms with Crippen LogP contribution in [0.5, 0.6) is 0 Å². The summed E-state index contributed by atoms with van der Waals surface area (Å²) in [6.45, 7) is 0.238. The lowest BCUT2D eigenvalue weighted by Gasteiger charge is -2.07. The van der Waals surface area contributed by atoms with Crippen LogP contribution < -0.4 is 0 Å². The summed E-state index contributed by atoms with van der Waals surface area (Å²) in [5.74, 6) is -0.836. The van der Waals surface area contributed by atoms with Crippen LogP contribution in [0.3, 0.4) is 0 Å². The summed E-state index contributed by atoms with van der Waals surface area (Å²) in [4.78, 5) is 14.7. The zero-order valence-electron chi connectivity index (χ0n) is 5.63. The molecule has 0 aliphatic carbocycles. The summed E-state index contributed by atoms with van der Waals surface area (Å²) in [6, 6.07) is 0. The molecule has 0 amide bonds. The van der Waals surface area contributed by atoms with Gasteiger partial charge in [-0.15, -0.1) is 0 Å². The summed E-state index contributed by atoms with van der Waals surface area (Å²) in [6.07, 6.45) is 0.0537. The number of hydrogen-bond donors (Lipinski definition) is 1. The van der Waals surface area contributed by atoms with Gasteiger partial charge in [0.2, 0.25) is 0 Å². The van der Waals surface area contributed by atoms with Gasteiger partial charge >= 0.3 is 5.97 Å². The van der Waals surface area contributed by atoms with Crippen LogP contribution in [-0.2, 0) is 9.63 Å². The smallest absolute Gasteiger partial charge is 0.305 e. The second-order valence-electron chi connectivity index (χ2n) is 1.79. The summed E-state index contributed by atoms with van der Waals surface area (Å²) in [5.41, 5.74) is 0. The quantitative estimate of drug-likeness (QED) is 0.546. The molecule has 0 aromatic rings. The maximum Gasteiger partial charge on any atom is 0.305 e. The maximum atomic E-state index is 9.88. The molecule has 0 spiro atoms. The van der Waals surface area contributed by atoms with E-state index in [4.69, 9.17) is 9.94 Å². The minimum Gasteiger partial charge on any atom is -0.481 e. The predicted octanol–water partition coefficient (Wildman–Crippen LogP) is -0.0457. The van der Waals surface area contributed by atoms with Gasteiger partial charge in [0.05, 0.1) is 13.0 Å². The highest BCUT2D eigenvalue weighted by Gasteiger charge is 1.95. The molecule has 4 nitrogen and oxygen atoms in total. The molecule has 54 valence electrons. The van der Waals surface area contributed by atoms with Gasteiger partial charge in [-0.2, -0.15) is 5.06 Å².